The van der Waals surface area contributed by atoms with E-state index in [2.05, 4.69) is 10.0 Å². The number of benzene rings is 1. The molecule has 7 nitrogen and oxygen atoms in total. The molecule has 1 aliphatic carbocycles. The van der Waals surface area contributed by atoms with Crippen molar-refractivity contribution < 1.29 is 23.1 Å². The molecule has 0 heterocycles. The van der Waals surface area contributed by atoms with Crippen molar-refractivity contribution in [2.45, 2.75) is 75.8 Å². The number of anilines is 1. The number of nitrogens with one attached hydrogen (secondary N) is 2. The van der Waals surface area contributed by atoms with E-state index in [9.17, 15) is 18.3 Å². The molecule has 0 saturated heterocycles. The lowest BCUT2D eigenvalue weighted by Crippen LogP contribution is -2.34. The first-order valence-electron chi connectivity index (χ1n) is 10.0. The van der Waals surface area contributed by atoms with Gasteiger partial charge in [0.2, 0.25) is 10.0 Å². The zero-order valence-electron chi connectivity index (χ0n) is 16.7. The maximum atomic E-state index is 12.7. The Morgan fingerprint density at radius 3 is 2.50 bits per heavy atom. The standard InChI is InChI=1S/C20H32N2O5S/c1-15(2)27-13-7-12-21-19-11-10-17(14-18(19)20(23)24)28(25,26)22-16-8-5-3-4-6-9-16/h10-11,14-16,21-22H,3-9,12-13H2,1-2H3,(H,23,24). The van der Waals surface area contributed by atoms with E-state index < -0.39 is 16.0 Å². The highest BCUT2D eigenvalue weighted by Crippen LogP contribution is 2.23. The van der Waals surface area contributed by atoms with E-state index in [1.807, 2.05) is 13.8 Å². The first-order chi connectivity index (χ1) is 13.3. The topological polar surface area (TPSA) is 105 Å². The zero-order chi connectivity index (χ0) is 20.6. The molecule has 1 saturated carbocycles. The number of aromatic carboxylic acids is 1. The third kappa shape index (κ3) is 7.07. The van der Waals surface area contributed by atoms with E-state index in [-0.39, 0.29) is 22.6 Å². The molecule has 0 aliphatic heterocycles. The number of carboxylic acid groups (broad SMARTS) is 1. The zero-order valence-corrected chi connectivity index (χ0v) is 17.6. The quantitative estimate of drug-likeness (QED) is 0.400. The Hall–Kier alpha value is -1.64. The van der Waals surface area contributed by atoms with Crippen LogP contribution in [0, 0.1) is 0 Å². The molecular weight excluding hydrogens is 380 g/mol. The Morgan fingerprint density at radius 2 is 1.89 bits per heavy atom. The second-order valence-corrected chi connectivity index (χ2v) is 9.24. The average Bonchev–Trinajstić information content (AvgIpc) is 2.89. The maximum Gasteiger partial charge on any atom is 0.337 e. The van der Waals surface area contributed by atoms with Crippen molar-refractivity contribution in [3.05, 3.63) is 23.8 Å². The summed E-state index contributed by atoms with van der Waals surface area (Å²) in [4.78, 5) is 11.6. The van der Waals surface area contributed by atoms with E-state index in [0.29, 0.717) is 18.8 Å². The first-order valence-corrected chi connectivity index (χ1v) is 11.5. The lowest BCUT2D eigenvalue weighted by atomic mass is 10.1. The second kappa shape index (κ2) is 10.8. The monoisotopic (exact) mass is 412 g/mol. The molecule has 0 atom stereocenters. The van der Waals surface area contributed by atoms with Crippen LogP contribution >= 0.6 is 0 Å². The van der Waals surface area contributed by atoms with Crippen LogP contribution in [0.3, 0.4) is 0 Å². The van der Waals surface area contributed by atoms with Gasteiger partial charge >= 0.3 is 5.97 Å². The molecule has 0 unspecified atom stereocenters. The summed E-state index contributed by atoms with van der Waals surface area (Å²) in [6, 6.07) is 4.13. The van der Waals surface area contributed by atoms with Crippen LogP contribution in [0.4, 0.5) is 5.69 Å². The Morgan fingerprint density at radius 1 is 1.21 bits per heavy atom. The van der Waals surface area contributed by atoms with Gasteiger partial charge in [-0.25, -0.2) is 17.9 Å². The molecular formula is C20H32N2O5S. The van der Waals surface area contributed by atoms with Crippen LogP contribution in [-0.2, 0) is 14.8 Å². The Kier molecular flexibility index (Phi) is 8.72. The van der Waals surface area contributed by atoms with Gasteiger partial charge in [-0.3, -0.25) is 0 Å². The van der Waals surface area contributed by atoms with Crippen LogP contribution in [0.25, 0.3) is 0 Å². The lowest BCUT2D eigenvalue weighted by Gasteiger charge is -2.17. The number of carboxylic acids is 1. The van der Waals surface area contributed by atoms with Crippen LogP contribution in [-0.4, -0.2) is 44.8 Å². The minimum Gasteiger partial charge on any atom is -0.478 e. The minimum absolute atomic E-state index is 0.0113. The van der Waals surface area contributed by atoms with Gasteiger partial charge in [-0.1, -0.05) is 25.7 Å². The van der Waals surface area contributed by atoms with E-state index in [0.717, 1.165) is 44.9 Å². The molecule has 0 amide bonds. The Labute approximate surface area is 167 Å². The third-order valence-corrected chi connectivity index (χ3v) is 6.31. The van der Waals surface area contributed by atoms with Gasteiger partial charge in [-0.05, 0) is 51.3 Å². The molecule has 2 rings (SSSR count). The van der Waals surface area contributed by atoms with E-state index in [4.69, 9.17) is 4.74 Å². The summed E-state index contributed by atoms with van der Waals surface area (Å²) in [5.74, 6) is -1.16. The number of carbonyl (C=O) groups is 1. The molecule has 1 aromatic rings. The summed E-state index contributed by atoms with van der Waals surface area (Å²) < 4.78 is 33.6. The van der Waals surface area contributed by atoms with Crippen molar-refractivity contribution >= 4 is 21.7 Å². The fourth-order valence-electron chi connectivity index (χ4n) is 3.32. The summed E-state index contributed by atoms with van der Waals surface area (Å²) in [6.45, 7) is 5.03. The van der Waals surface area contributed by atoms with Crippen LogP contribution in [0.1, 0.15) is 69.2 Å². The predicted octanol–water partition coefficient (Wildman–Crippen LogP) is 3.61. The largest absolute Gasteiger partial charge is 0.478 e. The second-order valence-electron chi connectivity index (χ2n) is 7.52. The van der Waals surface area contributed by atoms with Gasteiger partial charge in [-0.2, -0.15) is 0 Å². The van der Waals surface area contributed by atoms with Crippen LogP contribution in [0.5, 0.6) is 0 Å². The van der Waals surface area contributed by atoms with Gasteiger partial charge in [0.1, 0.15) is 0 Å². The molecule has 1 aromatic carbocycles. The molecule has 8 heteroatoms. The lowest BCUT2D eigenvalue weighted by molar-refractivity contribution is 0.0697. The summed E-state index contributed by atoms with van der Waals surface area (Å²) in [6.07, 6.45) is 6.80. The summed E-state index contributed by atoms with van der Waals surface area (Å²) >= 11 is 0. The average molecular weight is 413 g/mol. The van der Waals surface area contributed by atoms with Gasteiger partial charge < -0.3 is 15.2 Å². The summed E-state index contributed by atoms with van der Waals surface area (Å²) in [7, 11) is -3.75. The third-order valence-electron chi connectivity index (χ3n) is 4.80. The first kappa shape index (κ1) is 22.6. The molecule has 1 aliphatic rings. The highest BCUT2D eigenvalue weighted by molar-refractivity contribution is 7.89. The fraction of sp³-hybridized carbons (Fsp3) is 0.650. The smallest absolute Gasteiger partial charge is 0.337 e. The molecule has 1 fully saturated rings. The van der Waals surface area contributed by atoms with Gasteiger partial charge in [0.05, 0.1) is 16.6 Å². The minimum atomic E-state index is -3.75. The van der Waals surface area contributed by atoms with E-state index >= 15 is 0 Å². The van der Waals surface area contributed by atoms with Crippen molar-refractivity contribution in [3.8, 4) is 0 Å². The van der Waals surface area contributed by atoms with Crippen LogP contribution in [0.15, 0.2) is 23.1 Å². The number of hydrogen-bond acceptors (Lipinski definition) is 5. The van der Waals surface area contributed by atoms with Crippen molar-refractivity contribution in [2.24, 2.45) is 0 Å². The van der Waals surface area contributed by atoms with Gasteiger partial charge in [0, 0.05) is 24.9 Å². The van der Waals surface area contributed by atoms with E-state index in [1.165, 1.54) is 18.2 Å². The van der Waals surface area contributed by atoms with Crippen LogP contribution < -0.4 is 10.0 Å². The highest BCUT2D eigenvalue weighted by Gasteiger charge is 2.23. The number of rotatable bonds is 10. The molecule has 0 spiro atoms. The molecule has 0 bridgehead atoms. The number of sulfonamides is 1. The molecule has 158 valence electrons. The van der Waals surface area contributed by atoms with Gasteiger partial charge in [-0.15, -0.1) is 0 Å². The normalized spacial score (nSPS) is 16.1. The molecule has 28 heavy (non-hydrogen) atoms. The van der Waals surface area contributed by atoms with E-state index in [1.54, 1.807) is 0 Å². The molecule has 0 aromatic heterocycles. The van der Waals surface area contributed by atoms with Crippen molar-refractivity contribution in [1.82, 2.24) is 4.72 Å². The van der Waals surface area contributed by atoms with Gasteiger partial charge in [0.15, 0.2) is 0 Å². The van der Waals surface area contributed by atoms with Crippen LogP contribution in [0.2, 0.25) is 0 Å². The summed E-state index contributed by atoms with van der Waals surface area (Å²) in [5, 5.41) is 12.6. The number of hydrogen-bond donors (Lipinski definition) is 3. The summed E-state index contributed by atoms with van der Waals surface area (Å²) in [5.41, 5.74) is 0.360. The molecule has 0 radical (unpaired) electrons. The fourth-order valence-corrected chi connectivity index (χ4v) is 4.65. The molecule has 3 N–H and O–H groups in total. The van der Waals surface area contributed by atoms with Crippen molar-refractivity contribution in [1.29, 1.82) is 0 Å². The van der Waals surface area contributed by atoms with Gasteiger partial charge in [0.25, 0.3) is 0 Å². The SMILES string of the molecule is CC(C)OCCCNc1ccc(S(=O)(=O)NC2CCCCCC2)cc1C(=O)O. The van der Waals surface area contributed by atoms with Crippen molar-refractivity contribution in [3.63, 3.8) is 0 Å². The predicted molar refractivity (Wildman–Crippen MR) is 109 cm³/mol. The Bertz CT molecular complexity index is 741. The number of ether oxygens (including phenoxy) is 1. The highest BCUT2D eigenvalue weighted by atomic mass is 32.2. The maximum absolute atomic E-state index is 12.7. The Balaban J connectivity index is 2.06. The van der Waals surface area contributed by atoms with Crippen molar-refractivity contribution in [2.75, 3.05) is 18.5 Å².